The number of nitrogens with one attached hydrogen (secondary N) is 1. The van der Waals surface area contributed by atoms with Crippen molar-refractivity contribution >= 4 is 0 Å². The van der Waals surface area contributed by atoms with Gasteiger partial charge < -0.3 is 5.32 Å². The molecule has 0 saturated heterocycles. The van der Waals surface area contributed by atoms with Gasteiger partial charge >= 0.3 is 0 Å². The van der Waals surface area contributed by atoms with Crippen molar-refractivity contribution in [2.24, 2.45) is 0 Å². The van der Waals surface area contributed by atoms with E-state index in [0.29, 0.717) is 0 Å². The second-order valence-electron chi connectivity index (χ2n) is 3.81. The van der Waals surface area contributed by atoms with Crippen LogP contribution >= 0.6 is 0 Å². The van der Waals surface area contributed by atoms with E-state index in [2.05, 4.69) is 19.2 Å². The standard InChI is InChI=1S/C10H21N.C2H6/c1-3-9(2)11-10-7-5-4-6-8-10;1-2/h9-11H,3-8H2,1-2H3;1-2H3. The summed E-state index contributed by atoms with van der Waals surface area (Å²) in [6.07, 6.45) is 8.41. The summed E-state index contributed by atoms with van der Waals surface area (Å²) in [6.45, 7) is 8.54. The van der Waals surface area contributed by atoms with Crippen LogP contribution in [0.5, 0.6) is 0 Å². The molecule has 0 aliphatic heterocycles. The monoisotopic (exact) mass is 185 g/mol. The lowest BCUT2D eigenvalue weighted by molar-refractivity contribution is 0.340. The molecular formula is C12H27N. The molecule has 0 bridgehead atoms. The molecule has 1 fully saturated rings. The highest BCUT2D eigenvalue weighted by Crippen LogP contribution is 2.17. The molecule has 0 aromatic carbocycles. The van der Waals surface area contributed by atoms with E-state index in [1.807, 2.05) is 13.8 Å². The molecule has 1 nitrogen and oxygen atoms in total. The summed E-state index contributed by atoms with van der Waals surface area (Å²) in [5.41, 5.74) is 0. The molecule has 1 heteroatoms. The van der Waals surface area contributed by atoms with Gasteiger partial charge in [-0.25, -0.2) is 0 Å². The first-order valence-corrected chi connectivity index (χ1v) is 6.09. The molecule has 0 radical (unpaired) electrons. The van der Waals surface area contributed by atoms with Gasteiger partial charge in [0.25, 0.3) is 0 Å². The molecule has 0 heterocycles. The van der Waals surface area contributed by atoms with Gasteiger partial charge in [0, 0.05) is 12.1 Å². The largest absolute Gasteiger partial charge is 0.312 e. The average molecular weight is 185 g/mol. The first kappa shape index (κ1) is 13.0. The summed E-state index contributed by atoms with van der Waals surface area (Å²) in [5.74, 6) is 0. The maximum Gasteiger partial charge on any atom is 0.00695 e. The SMILES string of the molecule is CC.CCC(C)NC1CCCCC1. The van der Waals surface area contributed by atoms with Gasteiger partial charge in [-0.1, -0.05) is 40.0 Å². The summed E-state index contributed by atoms with van der Waals surface area (Å²) in [6, 6.07) is 1.55. The summed E-state index contributed by atoms with van der Waals surface area (Å²) >= 11 is 0. The Kier molecular flexibility index (Phi) is 8.53. The summed E-state index contributed by atoms with van der Waals surface area (Å²) in [7, 11) is 0. The summed E-state index contributed by atoms with van der Waals surface area (Å²) < 4.78 is 0. The molecule has 0 amide bonds. The van der Waals surface area contributed by atoms with Crippen LogP contribution in [-0.2, 0) is 0 Å². The van der Waals surface area contributed by atoms with Gasteiger partial charge in [-0.05, 0) is 26.2 Å². The molecule has 1 N–H and O–H groups in total. The Morgan fingerprint density at radius 3 is 2.15 bits per heavy atom. The highest BCUT2D eigenvalue weighted by molar-refractivity contribution is 4.74. The van der Waals surface area contributed by atoms with Crippen LogP contribution in [0.1, 0.15) is 66.2 Å². The fourth-order valence-corrected chi connectivity index (χ4v) is 1.79. The molecule has 1 atom stereocenters. The van der Waals surface area contributed by atoms with Gasteiger partial charge in [-0.3, -0.25) is 0 Å². The minimum atomic E-state index is 0.720. The second-order valence-corrected chi connectivity index (χ2v) is 3.81. The number of rotatable bonds is 3. The van der Waals surface area contributed by atoms with Crippen LogP contribution in [0.4, 0.5) is 0 Å². The van der Waals surface area contributed by atoms with E-state index in [0.717, 1.165) is 12.1 Å². The molecular weight excluding hydrogens is 158 g/mol. The van der Waals surface area contributed by atoms with E-state index in [-0.39, 0.29) is 0 Å². The van der Waals surface area contributed by atoms with Crippen LogP contribution in [-0.4, -0.2) is 12.1 Å². The van der Waals surface area contributed by atoms with Crippen molar-refractivity contribution in [2.45, 2.75) is 78.3 Å². The topological polar surface area (TPSA) is 12.0 Å². The van der Waals surface area contributed by atoms with Gasteiger partial charge in [0.1, 0.15) is 0 Å². The van der Waals surface area contributed by atoms with Gasteiger partial charge in [-0.15, -0.1) is 0 Å². The van der Waals surface area contributed by atoms with Crippen molar-refractivity contribution in [1.82, 2.24) is 5.32 Å². The van der Waals surface area contributed by atoms with E-state index in [1.165, 1.54) is 38.5 Å². The van der Waals surface area contributed by atoms with Crippen LogP contribution in [0, 0.1) is 0 Å². The molecule has 1 unspecified atom stereocenters. The van der Waals surface area contributed by atoms with Gasteiger partial charge in [0.15, 0.2) is 0 Å². The van der Waals surface area contributed by atoms with E-state index in [9.17, 15) is 0 Å². The molecule has 1 saturated carbocycles. The third kappa shape index (κ3) is 6.09. The second kappa shape index (κ2) is 8.55. The Labute approximate surface area is 84.3 Å². The van der Waals surface area contributed by atoms with Crippen molar-refractivity contribution in [1.29, 1.82) is 0 Å². The third-order valence-electron chi connectivity index (χ3n) is 2.74. The van der Waals surface area contributed by atoms with Crippen molar-refractivity contribution in [3.63, 3.8) is 0 Å². The fourth-order valence-electron chi connectivity index (χ4n) is 1.79. The van der Waals surface area contributed by atoms with E-state index >= 15 is 0 Å². The molecule has 0 aromatic rings. The smallest absolute Gasteiger partial charge is 0.00695 e. The first-order chi connectivity index (χ1) is 6.33. The van der Waals surface area contributed by atoms with E-state index < -0.39 is 0 Å². The Hall–Kier alpha value is -0.0400. The predicted octanol–water partition coefficient (Wildman–Crippen LogP) is 3.73. The summed E-state index contributed by atoms with van der Waals surface area (Å²) in [4.78, 5) is 0. The lowest BCUT2D eigenvalue weighted by Crippen LogP contribution is -2.37. The van der Waals surface area contributed by atoms with Gasteiger partial charge in [0.2, 0.25) is 0 Å². The van der Waals surface area contributed by atoms with Crippen molar-refractivity contribution < 1.29 is 0 Å². The van der Waals surface area contributed by atoms with Gasteiger partial charge in [0.05, 0.1) is 0 Å². The highest BCUT2D eigenvalue weighted by Gasteiger charge is 2.13. The number of hydrogen-bond acceptors (Lipinski definition) is 1. The van der Waals surface area contributed by atoms with Crippen LogP contribution in [0.25, 0.3) is 0 Å². The zero-order valence-electron chi connectivity index (χ0n) is 9.90. The minimum Gasteiger partial charge on any atom is -0.312 e. The first-order valence-electron chi connectivity index (χ1n) is 6.09. The van der Waals surface area contributed by atoms with Crippen molar-refractivity contribution in [2.75, 3.05) is 0 Å². The Morgan fingerprint density at radius 2 is 1.69 bits per heavy atom. The zero-order chi connectivity index (χ0) is 10.1. The Bertz CT molecular complexity index is 95.3. The highest BCUT2D eigenvalue weighted by atomic mass is 14.9. The lowest BCUT2D eigenvalue weighted by Gasteiger charge is -2.25. The van der Waals surface area contributed by atoms with E-state index in [1.54, 1.807) is 0 Å². The van der Waals surface area contributed by atoms with Crippen molar-refractivity contribution in [3.05, 3.63) is 0 Å². The molecule has 1 rings (SSSR count). The normalized spacial score (nSPS) is 20.3. The van der Waals surface area contributed by atoms with Crippen LogP contribution in [0.2, 0.25) is 0 Å². The molecule has 0 aromatic heterocycles. The van der Waals surface area contributed by atoms with Crippen molar-refractivity contribution in [3.8, 4) is 0 Å². The number of hydrogen-bond donors (Lipinski definition) is 1. The third-order valence-corrected chi connectivity index (χ3v) is 2.74. The average Bonchev–Trinajstić information content (AvgIpc) is 2.22. The fraction of sp³-hybridized carbons (Fsp3) is 1.00. The van der Waals surface area contributed by atoms with Gasteiger partial charge in [-0.2, -0.15) is 0 Å². The lowest BCUT2D eigenvalue weighted by atomic mass is 9.95. The molecule has 1 aliphatic rings. The quantitative estimate of drug-likeness (QED) is 0.706. The maximum atomic E-state index is 3.67. The zero-order valence-corrected chi connectivity index (χ0v) is 9.90. The molecule has 0 spiro atoms. The maximum absolute atomic E-state index is 3.67. The molecule has 13 heavy (non-hydrogen) atoms. The predicted molar refractivity (Wildman–Crippen MR) is 61.1 cm³/mol. The van der Waals surface area contributed by atoms with E-state index in [4.69, 9.17) is 0 Å². The van der Waals surface area contributed by atoms with Crippen LogP contribution in [0.3, 0.4) is 0 Å². The Morgan fingerprint density at radius 1 is 1.15 bits per heavy atom. The molecule has 1 aliphatic carbocycles. The summed E-state index contributed by atoms with van der Waals surface area (Å²) in [5, 5.41) is 3.67. The molecule has 80 valence electrons. The van der Waals surface area contributed by atoms with Crippen LogP contribution in [0.15, 0.2) is 0 Å². The van der Waals surface area contributed by atoms with Crippen LogP contribution < -0.4 is 5.32 Å². The minimum absolute atomic E-state index is 0.720. The Balaban J connectivity index is 0.000000671.